The van der Waals surface area contributed by atoms with Crippen LogP contribution in [-0.4, -0.2) is 19.6 Å². The van der Waals surface area contributed by atoms with E-state index in [1.165, 1.54) is 0 Å². The molecule has 0 fully saturated rings. The van der Waals surface area contributed by atoms with Crippen molar-refractivity contribution < 1.29 is 9.53 Å². The minimum atomic E-state index is 0.0376. The van der Waals surface area contributed by atoms with Crippen LogP contribution in [0.25, 0.3) is 0 Å². The molecule has 1 rings (SSSR count). The summed E-state index contributed by atoms with van der Waals surface area (Å²) < 4.78 is 5.95. The van der Waals surface area contributed by atoms with Crippen molar-refractivity contribution in [1.82, 2.24) is 0 Å². The standard InChI is InChI=1S/C13H18BrNO2/c1-9-7-11(14)8-10(2)13(9)15-12(16)5-4-6-17-3/h7-8H,4-6H2,1-3H3,(H,15,16). The molecule has 0 radical (unpaired) electrons. The first kappa shape index (κ1) is 14.2. The number of anilines is 1. The molecular weight excluding hydrogens is 282 g/mol. The van der Waals surface area contributed by atoms with Gasteiger partial charge < -0.3 is 10.1 Å². The normalized spacial score (nSPS) is 10.4. The van der Waals surface area contributed by atoms with Crippen LogP contribution in [0.5, 0.6) is 0 Å². The minimum absolute atomic E-state index is 0.0376. The molecule has 4 heteroatoms. The summed E-state index contributed by atoms with van der Waals surface area (Å²) in [5.41, 5.74) is 3.05. The Morgan fingerprint density at radius 1 is 1.35 bits per heavy atom. The molecule has 0 saturated heterocycles. The Labute approximate surface area is 111 Å². The van der Waals surface area contributed by atoms with E-state index in [0.29, 0.717) is 13.0 Å². The van der Waals surface area contributed by atoms with Gasteiger partial charge in [-0.2, -0.15) is 0 Å². The number of aryl methyl sites for hydroxylation is 2. The highest BCUT2D eigenvalue weighted by molar-refractivity contribution is 9.10. The molecule has 1 aromatic carbocycles. The summed E-state index contributed by atoms with van der Waals surface area (Å²) in [7, 11) is 1.64. The Balaban J connectivity index is 2.65. The SMILES string of the molecule is COCCCC(=O)Nc1c(C)cc(Br)cc1C. The van der Waals surface area contributed by atoms with Gasteiger partial charge in [0.05, 0.1) is 0 Å². The molecule has 0 saturated carbocycles. The summed E-state index contributed by atoms with van der Waals surface area (Å²) >= 11 is 3.44. The molecule has 94 valence electrons. The zero-order valence-electron chi connectivity index (χ0n) is 10.5. The fraction of sp³-hybridized carbons (Fsp3) is 0.462. The number of rotatable bonds is 5. The van der Waals surface area contributed by atoms with E-state index in [1.54, 1.807) is 7.11 Å². The summed E-state index contributed by atoms with van der Waals surface area (Å²) in [6.45, 7) is 4.59. The molecule has 0 aliphatic carbocycles. The molecule has 0 spiro atoms. The molecule has 0 heterocycles. The van der Waals surface area contributed by atoms with Crippen LogP contribution in [-0.2, 0) is 9.53 Å². The fourth-order valence-corrected chi connectivity index (χ4v) is 2.37. The van der Waals surface area contributed by atoms with Crippen molar-refractivity contribution in [2.75, 3.05) is 19.0 Å². The highest BCUT2D eigenvalue weighted by Gasteiger charge is 2.08. The Hall–Kier alpha value is -0.870. The van der Waals surface area contributed by atoms with Crippen LogP contribution in [0.1, 0.15) is 24.0 Å². The van der Waals surface area contributed by atoms with Crippen molar-refractivity contribution in [2.45, 2.75) is 26.7 Å². The third kappa shape index (κ3) is 4.48. The van der Waals surface area contributed by atoms with Gasteiger partial charge in [0.15, 0.2) is 0 Å². The van der Waals surface area contributed by atoms with Gasteiger partial charge in [-0.05, 0) is 43.5 Å². The second-order valence-electron chi connectivity index (χ2n) is 4.06. The second kappa shape index (κ2) is 6.77. The van der Waals surface area contributed by atoms with Gasteiger partial charge in [0, 0.05) is 30.3 Å². The third-order valence-corrected chi connectivity index (χ3v) is 2.97. The van der Waals surface area contributed by atoms with Gasteiger partial charge in [-0.1, -0.05) is 15.9 Å². The van der Waals surface area contributed by atoms with E-state index in [9.17, 15) is 4.79 Å². The molecular formula is C13H18BrNO2. The third-order valence-electron chi connectivity index (χ3n) is 2.51. The number of carbonyl (C=O) groups is 1. The Morgan fingerprint density at radius 2 is 1.94 bits per heavy atom. The molecule has 1 aromatic rings. The quantitative estimate of drug-likeness (QED) is 0.846. The van der Waals surface area contributed by atoms with E-state index in [-0.39, 0.29) is 5.91 Å². The number of nitrogens with one attached hydrogen (secondary N) is 1. The van der Waals surface area contributed by atoms with Gasteiger partial charge in [-0.3, -0.25) is 4.79 Å². The van der Waals surface area contributed by atoms with Crippen LogP contribution >= 0.6 is 15.9 Å². The van der Waals surface area contributed by atoms with E-state index in [2.05, 4.69) is 21.2 Å². The Bertz CT molecular complexity index is 381. The molecule has 0 aliphatic heterocycles. The van der Waals surface area contributed by atoms with E-state index < -0.39 is 0 Å². The van der Waals surface area contributed by atoms with Gasteiger partial charge in [-0.25, -0.2) is 0 Å². The van der Waals surface area contributed by atoms with Crippen LogP contribution in [0.3, 0.4) is 0 Å². The monoisotopic (exact) mass is 299 g/mol. The van der Waals surface area contributed by atoms with Gasteiger partial charge in [0.1, 0.15) is 0 Å². The number of ether oxygens (including phenoxy) is 1. The maximum absolute atomic E-state index is 11.7. The molecule has 17 heavy (non-hydrogen) atoms. The lowest BCUT2D eigenvalue weighted by Crippen LogP contribution is -2.14. The van der Waals surface area contributed by atoms with Crippen LogP contribution in [0, 0.1) is 13.8 Å². The number of amides is 1. The van der Waals surface area contributed by atoms with Crippen LogP contribution < -0.4 is 5.32 Å². The smallest absolute Gasteiger partial charge is 0.224 e. The average molecular weight is 300 g/mol. The fourth-order valence-electron chi connectivity index (χ4n) is 1.69. The van der Waals surface area contributed by atoms with Crippen LogP contribution in [0.15, 0.2) is 16.6 Å². The number of halogens is 1. The Morgan fingerprint density at radius 3 is 2.47 bits per heavy atom. The first-order valence-electron chi connectivity index (χ1n) is 5.60. The second-order valence-corrected chi connectivity index (χ2v) is 4.97. The van der Waals surface area contributed by atoms with E-state index >= 15 is 0 Å². The van der Waals surface area contributed by atoms with Gasteiger partial charge in [0.2, 0.25) is 5.91 Å². The molecule has 1 N–H and O–H groups in total. The number of methoxy groups -OCH3 is 1. The lowest BCUT2D eigenvalue weighted by Gasteiger charge is -2.12. The molecule has 0 bridgehead atoms. The summed E-state index contributed by atoms with van der Waals surface area (Å²) in [6, 6.07) is 4.00. The number of hydrogen-bond donors (Lipinski definition) is 1. The topological polar surface area (TPSA) is 38.3 Å². The predicted molar refractivity (Wildman–Crippen MR) is 73.4 cm³/mol. The van der Waals surface area contributed by atoms with Gasteiger partial charge >= 0.3 is 0 Å². The largest absolute Gasteiger partial charge is 0.385 e. The maximum atomic E-state index is 11.7. The summed E-state index contributed by atoms with van der Waals surface area (Å²) in [5.74, 6) is 0.0376. The predicted octanol–water partition coefficient (Wildman–Crippen LogP) is 3.43. The first-order valence-corrected chi connectivity index (χ1v) is 6.39. The van der Waals surface area contributed by atoms with Crippen molar-refractivity contribution in [3.8, 4) is 0 Å². The highest BCUT2D eigenvalue weighted by Crippen LogP contribution is 2.25. The summed E-state index contributed by atoms with van der Waals surface area (Å²) in [5, 5.41) is 2.95. The highest BCUT2D eigenvalue weighted by atomic mass is 79.9. The molecule has 0 unspecified atom stereocenters. The number of carbonyl (C=O) groups excluding carboxylic acids is 1. The molecule has 3 nitrogen and oxygen atoms in total. The van der Waals surface area contributed by atoms with Crippen molar-refractivity contribution in [2.24, 2.45) is 0 Å². The Kier molecular flexibility index (Phi) is 5.65. The summed E-state index contributed by atoms with van der Waals surface area (Å²) in [4.78, 5) is 11.7. The molecule has 0 aromatic heterocycles. The van der Waals surface area contributed by atoms with Crippen molar-refractivity contribution in [1.29, 1.82) is 0 Å². The zero-order chi connectivity index (χ0) is 12.8. The van der Waals surface area contributed by atoms with Crippen LogP contribution in [0.4, 0.5) is 5.69 Å². The number of hydrogen-bond acceptors (Lipinski definition) is 2. The van der Waals surface area contributed by atoms with E-state index in [1.807, 2.05) is 26.0 Å². The first-order chi connectivity index (χ1) is 8.04. The zero-order valence-corrected chi connectivity index (χ0v) is 12.1. The average Bonchev–Trinajstić information content (AvgIpc) is 2.24. The van der Waals surface area contributed by atoms with Crippen molar-refractivity contribution in [3.05, 3.63) is 27.7 Å². The lowest BCUT2D eigenvalue weighted by atomic mass is 10.1. The molecule has 1 amide bonds. The molecule has 0 aliphatic rings. The number of benzene rings is 1. The molecule has 0 atom stereocenters. The van der Waals surface area contributed by atoms with Crippen molar-refractivity contribution in [3.63, 3.8) is 0 Å². The maximum Gasteiger partial charge on any atom is 0.224 e. The van der Waals surface area contributed by atoms with Gasteiger partial charge in [0.25, 0.3) is 0 Å². The van der Waals surface area contributed by atoms with Gasteiger partial charge in [-0.15, -0.1) is 0 Å². The lowest BCUT2D eigenvalue weighted by molar-refractivity contribution is -0.116. The minimum Gasteiger partial charge on any atom is -0.385 e. The summed E-state index contributed by atoms with van der Waals surface area (Å²) in [6.07, 6.45) is 1.24. The van der Waals surface area contributed by atoms with Crippen molar-refractivity contribution >= 4 is 27.5 Å². The van der Waals surface area contributed by atoms with Crippen LogP contribution in [0.2, 0.25) is 0 Å². The van der Waals surface area contributed by atoms with E-state index in [0.717, 1.165) is 27.7 Å². The van der Waals surface area contributed by atoms with E-state index in [4.69, 9.17) is 4.74 Å².